The zero-order chi connectivity index (χ0) is 14.3. The van der Waals surface area contributed by atoms with Crippen molar-refractivity contribution in [2.75, 3.05) is 6.61 Å². The molecule has 0 aromatic heterocycles. The number of hydrogen-bond acceptors (Lipinski definition) is 6. The molecule has 0 saturated carbocycles. The maximum atomic E-state index is 11.7. The van der Waals surface area contributed by atoms with E-state index in [0.29, 0.717) is 12.0 Å². The van der Waals surface area contributed by atoms with Crippen LogP contribution < -0.4 is 5.73 Å². The van der Waals surface area contributed by atoms with Crippen molar-refractivity contribution in [2.45, 2.75) is 30.7 Å². The van der Waals surface area contributed by atoms with Gasteiger partial charge >= 0.3 is 11.9 Å². The highest BCUT2D eigenvalue weighted by molar-refractivity contribution is 7.81. The molecule has 0 radical (unpaired) electrons. The smallest absolute Gasteiger partial charge is 0.352 e. The SMILES string of the molecule is CC(=O)OCC1=C(C(=O)O)N2C(=O)C(N)C2C(S)C1. The van der Waals surface area contributed by atoms with Crippen molar-refractivity contribution in [2.24, 2.45) is 5.73 Å². The summed E-state index contributed by atoms with van der Waals surface area (Å²) in [6.45, 7) is 1.08. The Bertz CT molecular complexity index is 489. The fraction of sp³-hybridized carbons (Fsp3) is 0.545. The van der Waals surface area contributed by atoms with E-state index in [1.165, 1.54) is 6.92 Å². The summed E-state index contributed by atoms with van der Waals surface area (Å²) in [5.41, 5.74) is 5.89. The second kappa shape index (κ2) is 4.86. The number of nitrogens with zero attached hydrogens (tertiary/aromatic N) is 1. The third-order valence-electron chi connectivity index (χ3n) is 3.27. The highest BCUT2D eigenvalue weighted by Gasteiger charge is 2.54. The molecule has 0 aromatic carbocycles. The van der Waals surface area contributed by atoms with Gasteiger partial charge in [-0.3, -0.25) is 14.5 Å². The maximum absolute atomic E-state index is 11.7. The summed E-state index contributed by atoms with van der Waals surface area (Å²) in [7, 11) is 0. The van der Waals surface area contributed by atoms with Gasteiger partial charge in [-0.05, 0) is 12.0 Å². The molecular weight excluding hydrogens is 272 g/mol. The van der Waals surface area contributed by atoms with E-state index >= 15 is 0 Å². The first-order valence-electron chi connectivity index (χ1n) is 5.70. The summed E-state index contributed by atoms with van der Waals surface area (Å²) < 4.78 is 4.82. The van der Waals surface area contributed by atoms with Crippen LogP contribution in [0.15, 0.2) is 11.3 Å². The fourth-order valence-corrected chi connectivity index (χ4v) is 2.95. The van der Waals surface area contributed by atoms with Crippen LogP contribution in [-0.2, 0) is 19.1 Å². The van der Waals surface area contributed by atoms with Gasteiger partial charge < -0.3 is 15.6 Å². The number of fused-ring (bicyclic) bond motifs is 1. The third kappa shape index (κ3) is 2.21. The van der Waals surface area contributed by atoms with Gasteiger partial charge in [0.25, 0.3) is 0 Å². The molecule has 8 heteroatoms. The van der Waals surface area contributed by atoms with Crippen LogP contribution in [0.2, 0.25) is 0 Å². The van der Waals surface area contributed by atoms with Gasteiger partial charge in [0.2, 0.25) is 5.91 Å². The quantitative estimate of drug-likeness (QED) is 0.353. The average Bonchev–Trinajstić information content (AvgIpc) is 2.33. The van der Waals surface area contributed by atoms with E-state index in [9.17, 15) is 19.5 Å². The molecule has 0 aliphatic carbocycles. The van der Waals surface area contributed by atoms with E-state index in [1.54, 1.807) is 0 Å². The van der Waals surface area contributed by atoms with Crippen molar-refractivity contribution in [1.29, 1.82) is 0 Å². The Morgan fingerprint density at radius 3 is 2.74 bits per heavy atom. The Balaban J connectivity index is 2.33. The summed E-state index contributed by atoms with van der Waals surface area (Å²) in [5.74, 6) is -2.18. The fourth-order valence-electron chi connectivity index (χ4n) is 2.41. The standard InChI is InChI=1S/C11H14N2O5S/c1-4(14)18-3-5-2-6(19)9-7(12)10(15)13(9)8(5)11(16)17/h6-7,9,19H,2-3,12H2,1H3,(H,16,17). The molecule has 2 aliphatic rings. The Morgan fingerprint density at radius 2 is 2.21 bits per heavy atom. The third-order valence-corrected chi connectivity index (χ3v) is 3.75. The number of carbonyl (C=O) groups is 3. The van der Waals surface area contributed by atoms with Gasteiger partial charge in [-0.2, -0.15) is 12.6 Å². The zero-order valence-electron chi connectivity index (χ0n) is 10.2. The van der Waals surface area contributed by atoms with Crippen molar-refractivity contribution >= 4 is 30.5 Å². The number of thiol groups is 1. The molecule has 104 valence electrons. The van der Waals surface area contributed by atoms with Gasteiger partial charge in [-0.1, -0.05) is 0 Å². The molecule has 19 heavy (non-hydrogen) atoms. The van der Waals surface area contributed by atoms with Gasteiger partial charge in [-0.25, -0.2) is 4.79 Å². The number of nitrogens with two attached hydrogens (primary N) is 1. The van der Waals surface area contributed by atoms with Gasteiger partial charge in [0.15, 0.2) is 0 Å². The molecule has 1 fully saturated rings. The lowest BCUT2D eigenvalue weighted by Crippen LogP contribution is -2.73. The number of hydrogen-bond donors (Lipinski definition) is 3. The predicted octanol–water partition coefficient (Wildman–Crippen LogP) is -0.872. The number of esters is 1. The second-order valence-electron chi connectivity index (χ2n) is 4.53. The number of β-lactam (4-membered cyclic amide) rings is 1. The van der Waals surface area contributed by atoms with Crippen LogP contribution in [0.1, 0.15) is 13.3 Å². The van der Waals surface area contributed by atoms with Gasteiger partial charge in [0.05, 0.1) is 6.04 Å². The molecule has 2 heterocycles. The lowest BCUT2D eigenvalue weighted by molar-refractivity contribution is -0.152. The van der Waals surface area contributed by atoms with Crippen LogP contribution in [0.4, 0.5) is 0 Å². The number of amides is 1. The van der Waals surface area contributed by atoms with Crippen molar-refractivity contribution in [1.82, 2.24) is 4.90 Å². The van der Waals surface area contributed by atoms with Crippen LogP contribution in [0.5, 0.6) is 0 Å². The number of carboxylic acids is 1. The summed E-state index contributed by atoms with van der Waals surface area (Å²) >= 11 is 4.34. The molecule has 3 N–H and O–H groups in total. The number of rotatable bonds is 3. The lowest BCUT2D eigenvalue weighted by Gasteiger charge is -2.51. The van der Waals surface area contributed by atoms with E-state index in [0.717, 1.165) is 4.90 Å². The Kier molecular flexibility index (Phi) is 3.55. The molecule has 0 aromatic rings. The van der Waals surface area contributed by atoms with E-state index in [4.69, 9.17) is 10.5 Å². The average molecular weight is 286 g/mol. The van der Waals surface area contributed by atoms with Crippen LogP contribution in [0.25, 0.3) is 0 Å². The molecular formula is C11H14N2O5S. The molecule has 1 saturated heterocycles. The summed E-state index contributed by atoms with van der Waals surface area (Å²) in [4.78, 5) is 35.0. The number of carbonyl (C=O) groups excluding carboxylic acids is 2. The van der Waals surface area contributed by atoms with Crippen LogP contribution in [0.3, 0.4) is 0 Å². The van der Waals surface area contributed by atoms with Crippen molar-refractivity contribution in [3.8, 4) is 0 Å². The minimum absolute atomic E-state index is 0.136. The van der Waals surface area contributed by atoms with Crippen molar-refractivity contribution in [3.63, 3.8) is 0 Å². The maximum Gasteiger partial charge on any atom is 0.352 e. The number of carboxylic acid groups (broad SMARTS) is 1. The van der Waals surface area contributed by atoms with E-state index in [1.807, 2.05) is 0 Å². The van der Waals surface area contributed by atoms with Gasteiger partial charge in [0, 0.05) is 12.2 Å². The molecule has 7 nitrogen and oxygen atoms in total. The van der Waals surface area contributed by atoms with Gasteiger partial charge in [0.1, 0.15) is 18.3 Å². The first-order chi connectivity index (χ1) is 8.84. The molecule has 0 spiro atoms. The molecule has 2 aliphatic heterocycles. The van der Waals surface area contributed by atoms with Crippen LogP contribution >= 0.6 is 12.6 Å². The van der Waals surface area contributed by atoms with Gasteiger partial charge in [-0.15, -0.1) is 0 Å². The highest BCUT2D eigenvalue weighted by Crippen LogP contribution is 2.38. The molecule has 1 amide bonds. The highest BCUT2D eigenvalue weighted by atomic mass is 32.1. The Hall–Kier alpha value is -1.54. The van der Waals surface area contributed by atoms with E-state index in [-0.39, 0.29) is 17.6 Å². The largest absolute Gasteiger partial charge is 0.477 e. The monoisotopic (exact) mass is 286 g/mol. The first-order valence-corrected chi connectivity index (χ1v) is 6.21. The molecule has 3 atom stereocenters. The minimum Gasteiger partial charge on any atom is -0.477 e. The Morgan fingerprint density at radius 1 is 1.58 bits per heavy atom. The predicted molar refractivity (Wildman–Crippen MR) is 67.3 cm³/mol. The lowest BCUT2D eigenvalue weighted by atomic mass is 9.83. The number of aliphatic carboxylic acids is 1. The van der Waals surface area contributed by atoms with Crippen molar-refractivity contribution in [3.05, 3.63) is 11.3 Å². The summed E-state index contributed by atoms with van der Waals surface area (Å²) in [6, 6.07) is -1.13. The van der Waals surface area contributed by atoms with E-state index < -0.39 is 29.9 Å². The van der Waals surface area contributed by atoms with Crippen molar-refractivity contribution < 1.29 is 24.2 Å². The van der Waals surface area contributed by atoms with E-state index in [2.05, 4.69) is 12.6 Å². The number of ether oxygens (including phenoxy) is 1. The zero-order valence-corrected chi connectivity index (χ0v) is 11.1. The topological polar surface area (TPSA) is 110 Å². The molecule has 3 unspecified atom stereocenters. The minimum atomic E-state index is -1.23. The summed E-state index contributed by atoms with van der Waals surface area (Å²) in [5, 5.41) is 8.97. The molecule has 0 bridgehead atoms. The normalized spacial score (nSPS) is 29.7. The first kappa shape index (κ1) is 13.9. The van der Waals surface area contributed by atoms with Crippen LogP contribution in [-0.4, -0.2) is 51.8 Å². The summed E-state index contributed by atoms with van der Waals surface area (Å²) in [6.07, 6.45) is 0.320. The second-order valence-corrected chi connectivity index (χ2v) is 5.20. The molecule has 2 rings (SSSR count). The van der Waals surface area contributed by atoms with Crippen LogP contribution in [0, 0.1) is 0 Å². The Labute approximate surface area is 114 Å².